The van der Waals surface area contributed by atoms with Crippen LogP contribution >= 0.6 is 0 Å². The maximum atomic E-state index is 12.6. The lowest BCUT2D eigenvalue weighted by molar-refractivity contribution is -0.139. The summed E-state index contributed by atoms with van der Waals surface area (Å²) in [5.41, 5.74) is 0.727. The maximum Gasteiger partial charge on any atom is 0.339 e. The first-order valence-corrected chi connectivity index (χ1v) is 11.2. The number of carbonyl (C=O) groups is 2. The van der Waals surface area contributed by atoms with E-state index < -0.39 is 22.1 Å². The summed E-state index contributed by atoms with van der Waals surface area (Å²) in [6.07, 6.45) is 3.19. The van der Waals surface area contributed by atoms with Gasteiger partial charge in [0, 0.05) is 19.1 Å². The number of nitrogens with one attached hydrogen (secondary N) is 1. The van der Waals surface area contributed by atoms with Gasteiger partial charge in [-0.2, -0.15) is 0 Å². The summed E-state index contributed by atoms with van der Waals surface area (Å²) in [5, 5.41) is 0. The van der Waals surface area contributed by atoms with Crippen molar-refractivity contribution in [2.24, 2.45) is 0 Å². The summed E-state index contributed by atoms with van der Waals surface area (Å²) in [4.78, 5) is 26.9. The maximum absolute atomic E-state index is 12.6. The van der Waals surface area contributed by atoms with Gasteiger partial charge in [0.1, 0.15) is 0 Å². The van der Waals surface area contributed by atoms with E-state index in [9.17, 15) is 18.0 Å². The average Bonchev–Trinajstić information content (AvgIpc) is 2.89. The van der Waals surface area contributed by atoms with Gasteiger partial charge < -0.3 is 9.64 Å². The Hall–Kier alpha value is -1.93. The molecular weight excluding hydrogens is 380 g/mol. The van der Waals surface area contributed by atoms with Crippen LogP contribution in [0.15, 0.2) is 23.1 Å². The van der Waals surface area contributed by atoms with E-state index in [0.717, 1.165) is 25.7 Å². The zero-order valence-corrected chi connectivity index (χ0v) is 17.8. The Bertz CT molecular complexity index is 812. The number of carbonyl (C=O) groups excluding carboxylic acids is 2. The standard InChI is InChI=1S/C20H30N2O5S/c1-14(2)21-28(25,26)17-10-9-15(3)18(13-17)20(24)27-16(4)19(23)22-11-7-5-6-8-12-22/h9-10,13-14,16,21H,5-8,11-12H2,1-4H3. The minimum Gasteiger partial charge on any atom is -0.449 e. The number of benzene rings is 1. The highest BCUT2D eigenvalue weighted by Crippen LogP contribution is 2.18. The van der Waals surface area contributed by atoms with Gasteiger partial charge in [0.05, 0.1) is 10.5 Å². The van der Waals surface area contributed by atoms with E-state index in [1.807, 2.05) is 0 Å². The van der Waals surface area contributed by atoms with Crippen molar-refractivity contribution in [2.45, 2.75) is 70.4 Å². The fraction of sp³-hybridized carbons (Fsp3) is 0.600. The highest BCUT2D eigenvalue weighted by atomic mass is 32.2. The van der Waals surface area contributed by atoms with Gasteiger partial charge in [-0.25, -0.2) is 17.9 Å². The average molecular weight is 411 g/mol. The molecule has 1 atom stereocenters. The molecule has 0 radical (unpaired) electrons. The number of sulfonamides is 1. The fourth-order valence-corrected chi connectivity index (χ4v) is 4.47. The zero-order valence-electron chi connectivity index (χ0n) is 17.0. The van der Waals surface area contributed by atoms with Crippen molar-refractivity contribution in [1.82, 2.24) is 9.62 Å². The molecule has 1 fully saturated rings. The molecule has 7 nitrogen and oxygen atoms in total. The molecule has 1 N–H and O–H groups in total. The van der Waals surface area contributed by atoms with Crippen LogP contribution in [-0.2, 0) is 19.6 Å². The summed E-state index contributed by atoms with van der Waals surface area (Å²) in [6, 6.07) is 4.04. The Balaban J connectivity index is 2.14. The van der Waals surface area contributed by atoms with E-state index in [1.165, 1.54) is 12.1 Å². The molecule has 1 amide bonds. The molecular formula is C20H30N2O5S. The lowest BCUT2D eigenvalue weighted by atomic mass is 10.1. The van der Waals surface area contributed by atoms with E-state index in [0.29, 0.717) is 18.7 Å². The summed E-state index contributed by atoms with van der Waals surface area (Å²) in [6.45, 7) is 8.04. The van der Waals surface area contributed by atoms with Crippen LogP contribution in [0.4, 0.5) is 0 Å². The predicted octanol–water partition coefficient (Wildman–Crippen LogP) is 2.63. The Morgan fingerprint density at radius 2 is 1.68 bits per heavy atom. The Kier molecular flexibility index (Phi) is 7.60. The molecule has 2 rings (SSSR count). The number of hydrogen-bond donors (Lipinski definition) is 1. The van der Waals surface area contributed by atoms with Gasteiger partial charge in [-0.1, -0.05) is 18.9 Å². The smallest absolute Gasteiger partial charge is 0.339 e. The second-order valence-corrected chi connectivity index (χ2v) is 9.25. The van der Waals surface area contributed by atoms with Gasteiger partial charge in [-0.05, 0) is 58.2 Å². The van der Waals surface area contributed by atoms with Gasteiger partial charge >= 0.3 is 5.97 Å². The normalized spacial score (nSPS) is 16.5. The second kappa shape index (κ2) is 9.52. The van der Waals surface area contributed by atoms with E-state index >= 15 is 0 Å². The third kappa shape index (κ3) is 5.78. The second-order valence-electron chi connectivity index (χ2n) is 7.54. The topological polar surface area (TPSA) is 92.8 Å². The van der Waals surface area contributed by atoms with Gasteiger partial charge in [0.25, 0.3) is 5.91 Å². The van der Waals surface area contributed by atoms with Crippen molar-refractivity contribution in [3.8, 4) is 0 Å². The van der Waals surface area contributed by atoms with Crippen LogP contribution < -0.4 is 4.72 Å². The van der Waals surface area contributed by atoms with Crippen molar-refractivity contribution in [1.29, 1.82) is 0 Å². The lowest BCUT2D eigenvalue weighted by Gasteiger charge is -2.24. The molecule has 1 saturated heterocycles. The third-order valence-electron chi connectivity index (χ3n) is 4.68. The lowest BCUT2D eigenvalue weighted by Crippen LogP contribution is -2.40. The quantitative estimate of drug-likeness (QED) is 0.728. The number of esters is 1. The molecule has 1 aliphatic rings. The number of nitrogens with zero attached hydrogens (tertiary/aromatic N) is 1. The minimum atomic E-state index is -3.73. The SMILES string of the molecule is Cc1ccc(S(=O)(=O)NC(C)C)cc1C(=O)OC(C)C(=O)N1CCCCCC1. The first kappa shape index (κ1) is 22.4. The van der Waals surface area contributed by atoms with E-state index in [2.05, 4.69) is 4.72 Å². The molecule has 0 saturated carbocycles. The molecule has 8 heteroatoms. The number of amides is 1. The van der Waals surface area contributed by atoms with Gasteiger partial charge in [0.2, 0.25) is 10.0 Å². The number of likely N-dealkylation sites (tertiary alicyclic amines) is 1. The third-order valence-corrected chi connectivity index (χ3v) is 6.34. The van der Waals surface area contributed by atoms with E-state index in [1.54, 1.807) is 38.7 Å². The number of aryl methyl sites for hydroxylation is 1. The first-order chi connectivity index (χ1) is 13.1. The van der Waals surface area contributed by atoms with E-state index in [4.69, 9.17) is 4.74 Å². The zero-order chi connectivity index (χ0) is 20.9. The molecule has 0 aliphatic carbocycles. The number of ether oxygens (including phenoxy) is 1. The van der Waals surface area contributed by atoms with Crippen LogP contribution in [0.5, 0.6) is 0 Å². The van der Waals surface area contributed by atoms with Gasteiger partial charge in [-0.15, -0.1) is 0 Å². The Labute approximate surface area is 167 Å². The molecule has 28 heavy (non-hydrogen) atoms. The van der Waals surface area contributed by atoms with Crippen molar-refractivity contribution in [3.63, 3.8) is 0 Å². The summed E-state index contributed by atoms with van der Waals surface area (Å²) < 4.78 is 32.6. The first-order valence-electron chi connectivity index (χ1n) is 9.74. The molecule has 0 spiro atoms. The molecule has 1 aromatic carbocycles. The van der Waals surface area contributed by atoms with Crippen molar-refractivity contribution < 1.29 is 22.7 Å². The molecule has 0 bridgehead atoms. The molecule has 1 unspecified atom stereocenters. The fourth-order valence-electron chi connectivity index (χ4n) is 3.19. The van der Waals surface area contributed by atoms with Gasteiger partial charge in [0.15, 0.2) is 6.10 Å². The molecule has 156 valence electrons. The summed E-state index contributed by atoms with van der Waals surface area (Å²) in [7, 11) is -3.73. The number of rotatable bonds is 6. The monoisotopic (exact) mass is 410 g/mol. The van der Waals surface area contributed by atoms with Crippen LogP contribution in [-0.4, -0.2) is 50.4 Å². The van der Waals surface area contributed by atoms with Crippen molar-refractivity contribution in [3.05, 3.63) is 29.3 Å². The van der Waals surface area contributed by atoms with Crippen LogP contribution in [0, 0.1) is 6.92 Å². The Morgan fingerprint density at radius 1 is 1.07 bits per heavy atom. The van der Waals surface area contributed by atoms with Crippen LogP contribution in [0.2, 0.25) is 0 Å². The largest absolute Gasteiger partial charge is 0.449 e. The predicted molar refractivity (Wildman–Crippen MR) is 107 cm³/mol. The van der Waals surface area contributed by atoms with Crippen molar-refractivity contribution >= 4 is 21.9 Å². The highest BCUT2D eigenvalue weighted by Gasteiger charge is 2.26. The van der Waals surface area contributed by atoms with Crippen LogP contribution in [0.25, 0.3) is 0 Å². The van der Waals surface area contributed by atoms with Crippen LogP contribution in [0.3, 0.4) is 0 Å². The Morgan fingerprint density at radius 3 is 2.25 bits per heavy atom. The summed E-state index contributed by atoms with van der Waals surface area (Å²) in [5.74, 6) is -0.909. The highest BCUT2D eigenvalue weighted by molar-refractivity contribution is 7.89. The summed E-state index contributed by atoms with van der Waals surface area (Å²) >= 11 is 0. The van der Waals surface area contributed by atoms with Crippen LogP contribution in [0.1, 0.15) is 62.4 Å². The number of hydrogen-bond acceptors (Lipinski definition) is 5. The van der Waals surface area contributed by atoms with E-state index in [-0.39, 0.29) is 22.4 Å². The van der Waals surface area contributed by atoms with Crippen molar-refractivity contribution in [2.75, 3.05) is 13.1 Å². The molecule has 1 heterocycles. The molecule has 1 aromatic rings. The van der Waals surface area contributed by atoms with Gasteiger partial charge in [-0.3, -0.25) is 4.79 Å². The minimum absolute atomic E-state index is 0.00903. The molecule has 0 aromatic heterocycles. The molecule has 1 aliphatic heterocycles.